The van der Waals surface area contributed by atoms with E-state index in [1.807, 2.05) is 36.4 Å². The molecular formula is C16H14N4O2. The summed E-state index contributed by atoms with van der Waals surface area (Å²) < 4.78 is 0. The lowest BCUT2D eigenvalue weighted by Crippen LogP contribution is -2.59. The Kier molecular flexibility index (Phi) is 2.89. The number of rotatable bonds is 1. The van der Waals surface area contributed by atoms with Crippen molar-refractivity contribution in [1.29, 1.82) is 0 Å². The lowest BCUT2D eigenvalue weighted by atomic mass is 9.80. The Labute approximate surface area is 126 Å². The molecule has 6 heteroatoms. The summed E-state index contributed by atoms with van der Waals surface area (Å²) in [6.07, 6.45) is 6.54. The van der Waals surface area contributed by atoms with Crippen LogP contribution in [0, 0.1) is 11.8 Å². The molecule has 1 aromatic carbocycles. The Bertz CT molecular complexity index is 796. The maximum Gasteiger partial charge on any atom is 0.251 e. The number of amides is 2. The van der Waals surface area contributed by atoms with Crippen molar-refractivity contribution in [2.45, 2.75) is 12.8 Å². The molecule has 1 aliphatic heterocycles. The number of nitrogens with one attached hydrogen (secondary N) is 1. The number of nitrogens with zero attached hydrogens (tertiary/aromatic N) is 3. The molecule has 0 radical (unpaired) electrons. The van der Waals surface area contributed by atoms with Crippen LogP contribution in [-0.2, 0) is 9.59 Å². The van der Waals surface area contributed by atoms with Gasteiger partial charge in [0.15, 0.2) is 5.82 Å². The van der Waals surface area contributed by atoms with Gasteiger partial charge < -0.3 is 0 Å². The first kappa shape index (κ1) is 12.9. The molecule has 0 saturated carbocycles. The number of para-hydroxylation sites is 1. The first-order chi connectivity index (χ1) is 10.8. The predicted molar refractivity (Wildman–Crippen MR) is 80.5 cm³/mol. The fourth-order valence-electron chi connectivity index (χ4n) is 3.12. The van der Waals surface area contributed by atoms with Crippen LogP contribution < -0.4 is 10.4 Å². The van der Waals surface area contributed by atoms with Gasteiger partial charge in [0.2, 0.25) is 5.91 Å². The lowest BCUT2D eigenvalue weighted by molar-refractivity contribution is -0.140. The van der Waals surface area contributed by atoms with Gasteiger partial charge in [-0.15, -0.1) is 0 Å². The summed E-state index contributed by atoms with van der Waals surface area (Å²) in [6.45, 7) is 0. The third-order valence-electron chi connectivity index (χ3n) is 4.26. The van der Waals surface area contributed by atoms with Crippen LogP contribution in [0.1, 0.15) is 12.8 Å². The largest absolute Gasteiger partial charge is 0.273 e. The molecule has 4 rings (SSSR count). The molecule has 110 valence electrons. The average molecular weight is 294 g/mol. The van der Waals surface area contributed by atoms with Crippen LogP contribution in [0.4, 0.5) is 5.82 Å². The highest BCUT2D eigenvalue weighted by Gasteiger charge is 2.43. The van der Waals surface area contributed by atoms with Crippen molar-refractivity contribution >= 4 is 28.5 Å². The minimum absolute atomic E-state index is 0.113. The molecular weight excluding hydrogens is 280 g/mol. The molecule has 1 aliphatic carbocycles. The Balaban J connectivity index is 1.80. The van der Waals surface area contributed by atoms with E-state index in [1.54, 1.807) is 0 Å². The van der Waals surface area contributed by atoms with Gasteiger partial charge in [-0.05, 0) is 25.0 Å². The minimum atomic E-state index is -0.313. The van der Waals surface area contributed by atoms with Crippen molar-refractivity contribution in [3.8, 4) is 0 Å². The van der Waals surface area contributed by atoms with Gasteiger partial charge in [0.1, 0.15) is 6.33 Å². The van der Waals surface area contributed by atoms with Crippen molar-refractivity contribution in [2.24, 2.45) is 11.8 Å². The lowest BCUT2D eigenvalue weighted by Gasteiger charge is -2.37. The molecule has 2 atom stereocenters. The summed E-state index contributed by atoms with van der Waals surface area (Å²) in [5.41, 5.74) is 3.43. The van der Waals surface area contributed by atoms with E-state index < -0.39 is 0 Å². The zero-order chi connectivity index (χ0) is 15.1. The number of hydrogen-bond acceptors (Lipinski definition) is 4. The molecule has 0 bridgehead atoms. The fourth-order valence-corrected chi connectivity index (χ4v) is 3.12. The van der Waals surface area contributed by atoms with E-state index in [9.17, 15) is 9.59 Å². The van der Waals surface area contributed by atoms with Gasteiger partial charge in [0, 0.05) is 5.39 Å². The Hall–Kier alpha value is -2.76. The van der Waals surface area contributed by atoms with Crippen molar-refractivity contribution in [1.82, 2.24) is 15.4 Å². The maximum atomic E-state index is 12.8. The van der Waals surface area contributed by atoms with Crippen molar-refractivity contribution in [3.63, 3.8) is 0 Å². The van der Waals surface area contributed by atoms with Crippen molar-refractivity contribution in [3.05, 3.63) is 42.7 Å². The Morgan fingerprint density at radius 3 is 2.68 bits per heavy atom. The van der Waals surface area contributed by atoms with E-state index in [2.05, 4.69) is 15.4 Å². The van der Waals surface area contributed by atoms with Crippen LogP contribution in [0.5, 0.6) is 0 Å². The number of fused-ring (bicyclic) bond motifs is 2. The number of carbonyl (C=O) groups excluding carboxylic acids is 2. The number of hydrazine groups is 1. The number of hydrogen-bond donors (Lipinski definition) is 1. The van der Waals surface area contributed by atoms with Crippen LogP contribution in [0.3, 0.4) is 0 Å². The summed E-state index contributed by atoms with van der Waals surface area (Å²) in [5.74, 6) is -0.402. The zero-order valence-electron chi connectivity index (χ0n) is 11.8. The first-order valence-electron chi connectivity index (χ1n) is 7.25. The van der Waals surface area contributed by atoms with Crippen molar-refractivity contribution < 1.29 is 9.59 Å². The molecule has 6 nitrogen and oxygen atoms in total. The fraction of sp³-hybridized carbons (Fsp3) is 0.250. The zero-order valence-corrected chi connectivity index (χ0v) is 11.8. The molecule has 1 fully saturated rings. The van der Waals surface area contributed by atoms with E-state index in [-0.39, 0.29) is 23.7 Å². The van der Waals surface area contributed by atoms with Gasteiger partial charge in [0.05, 0.1) is 17.4 Å². The average Bonchev–Trinajstić information content (AvgIpc) is 2.58. The molecule has 22 heavy (non-hydrogen) atoms. The summed E-state index contributed by atoms with van der Waals surface area (Å²) >= 11 is 0. The van der Waals surface area contributed by atoms with Crippen LogP contribution in [-0.4, -0.2) is 21.8 Å². The number of anilines is 1. The van der Waals surface area contributed by atoms with E-state index >= 15 is 0 Å². The number of aromatic nitrogens is 2. The van der Waals surface area contributed by atoms with E-state index in [0.29, 0.717) is 18.7 Å². The van der Waals surface area contributed by atoms with Gasteiger partial charge in [-0.3, -0.25) is 15.0 Å². The van der Waals surface area contributed by atoms with E-state index in [4.69, 9.17) is 0 Å². The van der Waals surface area contributed by atoms with Crippen LogP contribution in [0.15, 0.2) is 42.7 Å². The summed E-state index contributed by atoms with van der Waals surface area (Å²) in [6, 6.07) is 7.43. The van der Waals surface area contributed by atoms with Crippen LogP contribution in [0.2, 0.25) is 0 Å². The third kappa shape index (κ3) is 1.88. The third-order valence-corrected chi connectivity index (χ3v) is 4.26. The number of benzene rings is 1. The van der Waals surface area contributed by atoms with Gasteiger partial charge in [0.25, 0.3) is 5.91 Å². The molecule has 0 spiro atoms. The highest BCUT2D eigenvalue weighted by atomic mass is 16.2. The van der Waals surface area contributed by atoms with E-state index in [0.717, 1.165) is 10.9 Å². The molecule has 2 amide bonds. The van der Waals surface area contributed by atoms with Gasteiger partial charge in [-0.25, -0.2) is 15.0 Å². The topological polar surface area (TPSA) is 75.2 Å². The number of carbonyl (C=O) groups is 2. The molecule has 1 aromatic heterocycles. The summed E-state index contributed by atoms with van der Waals surface area (Å²) in [5, 5.41) is 2.02. The quantitative estimate of drug-likeness (QED) is 0.810. The second kappa shape index (κ2) is 4.91. The normalized spacial score (nSPS) is 24.3. The van der Waals surface area contributed by atoms with Gasteiger partial charge in [-0.1, -0.05) is 24.3 Å². The van der Waals surface area contributed by atoms with Crippen molar-refractivity contribution in [2.75, 3.05) is 5.01 Å². The predicted octanol–water partition coefficient (Wildman–Crippen LogP) is 1.59. The maximum absolute atomic E-state index is 12.8. The molecule has 0 unspecified atom stereocenters. The standard InChI is InChI=1S/C16H14N4O2/c21-15-10-5-1-2-6-11(10)16(22)20(19-15)14-12-7-3-4-8-13(12)17-9-18-14/h1-4,7-11H,5-6H2,(H,19,21)/t10-,11-/m1/s1. The summed E-state index contributed by atoms with van der Waals surface area (Å²) in [7, 11) is 0. The summed E-state index contributed by atoms with van der Waals surface area (Å²) in [4.78, 5) is 33.5. The van der Waals surface area contributed by atoms with E-state index in [1.165, 1.54) is 11.3 Å². The molecule has 2 heterocycles. The highest BCUT2D eigenvalue weighted by Crippen LogP contribution is 2.33. The van der Waals surface area contributed by atoms with Gasteiger partial charge >= 0.3 is 0 Å². The second-order valence-corrected chi connectivity index (χ2v) is 5.52. The molecule has 2 aromatic rings. The van der Waals surface area contributed by atoms with Crippen LogP contribution >= 0.6 is 0 Å². The van der Waals surface area contributed by atoms with Gasteiger partial charge in [-0.2, -0.15) is 0 Å². The molecule has 1 saturated heterocycles. The number of allylic oxidation sites excluding steroid dienone is 2. The Morgan fingerprint density at radius 1 is 1.05 bits per heavy atom. The van der Waals surface area contributed by atoms with Crippen LogP contribution in [0.25, 0.3) is 10.9 Å². The smallest absolute Gasteiger partial charge is 0.251 e. The Morgan fingerprint density at radius 2 is 1.82 bits per heavy atom. The second-order valence-electron chi connectivity index (χ2n) is 5.52. The molecule has 1 N–H and O–H groups in total. The molecule has 2 aliphatic rings. The monoisotopic (exact) mass is 294 g/mol. The highest BCUT2D eigenvalue weighted by molar-refractivity contribution is 6.07. The first-order valence-corrected chi connectivity index (χ1v) is 7.25. The minimum Gasteiger partial charge on any atom is -0.273 e. The SMILES string of the molecule is O=C1NN(c2ncnc3ccccc23)C(=O)[C@@H]2CC=CC[C@@H]12.